The molecule has 6 nitrogen and oxygen atoms in total. The SMILES string of the molecule is CC(C(=O)O)C1CN(C(=O)Nc2nc3c(s2)CCCC3)C1. The predicted molar refractivity (Wildman–Crippen MR) is 79.6 cm³/mol. The maximum atomic E-state index is 12.1. The molecular formula is C14H19N3O3S. The Morgan fingerprint density at radius 3 is 2.76 bits per heavy atom. The molecule has 7 heteroatoms. The second kappa shape index (κ2) is 5.63. The van der Waals surface area contributed by atoms with Gasteiger partial charge in [0.1, 0.15) is 0 Å². The van der Waals surface area contributed by atoms with Crippen molar-refractivity contribution in [3.63, 3.8) is 0 Å². The highest BCUT2D eigenvalue weighted by atomic mass is 32.1. The molecule has 1 unspecified atom stereocenters. The normalized spacial score (nSPS) is 19.6. The molecular weight excluding hydrogens is 290 g/mol. The van der Waals surface area contributed by atoms with E-state index in [1.54, 1.807) is 23.2 Å². The highest BCUT2D eigenvalue weighted by Gasteiger charge is 2.37. The molecule has 1 aromatic rings. The molecule has 0 saturated carbocycles. The third-order valence-corrected chi connectivity index (χ3v) is 5.43. The Morgan fingerprint density at radius 2 is 2.10 bits per heavy atom. The van der Waals surface area contributed by atoms with Gasteiger partial charge in [-0.3, -0.25) is 10.1 Å². The van der Waals surface area contributed by atoms with Gasteiger partial charge in [-0.15, -0.1) is 11.3 Å². The average Bonchev–Trinajstić information content (AvgIpc) is 2.78. The number of anilines is 1. The molecule has 2 N–H and O–H groups in total. The van der Waals surface area contributed by atoms with E-state index >= 15 is 0 Å². The van der Waals surface area contributed by atoms with E-state index in [2.05, 4.69) is 10.3 Å². The van der Waals surface area contributed by atoms with Crippen molar-refractivity contribution < 1.29 is 14.7 Å². The van der Waals surface area contributed by atoms with Gasteiger partial charge in [0.05, 0.1) is 11.6 Å². The van der Waals surface area contributed by atoms with Crippen LogP contribution in [-0.2, 0) is 17.6 Å². The molecule has 2 aliphatic rings. The summed E-state index contributed by atoms with van der Waals surface area (Å²) in [5.74, 6) is -1.15. The van der Waals surface area contributed by atoms with Crippen LogP contribution >= 0.6 is 11.3 Å². The first-order chi connectivity index (χ1) is 10.0. The van der Waals surface area contributed by atoms with E-state index in [1.165, 1.54) is 17.7 Å². The number of thiazole rings is 1. The number of aromatic nitrogens is 1. The number of urea groups is 1. The molecule has 1 aromatic heterocycles. The van der Waals surface area contributed by atoms with Crippen molar-refractivity contribution >= 4 is 28.5 Å². The fourth-order valence-electron chi connectivity index (χ4n) is 2.77. The molecule has 1 saturated heterocycles. The van der Waals surface area contributed by atoms with Gasteiger partial charge in [0.15, 0.2) is 5.13 Å². The number of nitrogens with one attached hydrogen (secondary N) is 1. The minimum atomic E-state index is -0.798. The number of nitrogens with zero attached hydrogens (tertiary/aromatic N) is 2. The summed E-state index contributed by atoms with van der Waals surface area (Å²) < 4.78 is 0. The fraction of sp³-hybridized carbons (Fsp3) is 0.643. The molecule has 0 aromatic carbocycles. The van der Waals surface area contributed by atoms with Crippen LogP contribution in [0, 0.1) is 11.8 Å². The second-order valence-electron chi connectivity index (χ2n) is 5.82. The molecule has 0 bridgehead atoms. The van der Waals surface area contributed by atoms with Crippen molar-refractivity contribution in [1.29, 1.82) is 0 Å². The van der Waals surface area contributed by atoms with Crippen LogP contribution in [0.2, 0.25) is 0 Å². The third-order valence-electron chi connectivity index (χ3n) is 4.35. The Hall–Kier alpha value is -1.63. The van der Waals surface area contributed by atoms with Crippen molar-refractivity contribution in [2.75, 3.05) is 18.4 Å². The van der Waals surface area contributed by atoms with E-state index in [1.807, 2.05) is 0 Å². The van der Waals surface area contributed by atoms with Gasteiger partial charge in [-0.1, -0.05) is 6.92 Å². The van der Waals surface area contributed by atoms with E-state index in [9.17, 15) is 9.59 Å². The first-order valence-corrected chi connectivity index (χ1v) is 8.13. The molecule has 1 aliphatic heterocycles. The van der Waals surface area contributed by atoms with Crippen LogP contribution in [0.15, 0.2) is 0 Å². The lowest BCUT2D eigenvalue weighted by Crippen LogP contribution is -2.54. The van der Waals surface area contributed by atoms with E-state index in [-0.39, 0.29) is 11.9 Å². The zero-order chi connectivity index (χ0) is 15.0. The monoisotopic (exact) mass is 309 g/mol. The lowest BCUT2D eigenvalue weighted by Gasteiger charge is -2.40. The Morgan fingerprint density at radius 1 is 1.38 bits per heavy atom. The summed E-state index contributed by atoms with van der Waals surface area (Å²) in [7, 11) is 0. The van der Waals surface area contributed by atoms with Crippen LogP contribution in [0.5, 0.6) is 0 Å². The number of carbonyl (C=O) groups excluding carboxylic acids is 1. The van der Waals surface area contributed by atoms with Crippen molar-refractivity contribution in [2.45, 2.75) is 32.6 Å². The molecule has 1 aliphatic carbocycles. The number of likely N-dealkylation sites (tertiary alicyclic amines) is 1. The van der Waals surface area contributed by atoms with Gasteiger partial charge in [0, 0.05) is 23.9 Å². The van der Waals surface area contributed by atoms with E-state index < -0.39 is 11.9 Å². The molecule has 0 spiro atoms. The molecule has 114 valence electrons. The Labute approximate surface area is 127 Å². The Balaban J connectivity index is 1.54. The summed E-state index contributed by atoms with van der Waals surface area (Å²) in [6, 6.07) is -0.171. The molecule has 1 fully saturated rings. The van der Waals surface area contributed by atoms with Crippen LogP contribution < -0.4 is 5.32 Å². The third kappa shape index (κ3) is 2.88. The highest BCUT2D eigenvalue weighted by Crippen LogP contribution is 2.30. The van der Waals surface area contributed by atoms with Crippen LogP contribution in [0.25, 0.3) is 0 Å². The number of hydrogen-bond acceptors (Lipinski definition) is 4. The number of rotatable bonds is 3. The smallest absolute Gasteiger partial charge is 0.323 e. The van der Waals surface area contributed by atoms with Gasteiger partial charge < -0.3 is 10.0 Å². The van der Waals surface area contributed by atoms with E-state index in [0.717, 1.165) is 18.5 Å². The van der Waals surface area contributed by atoms with Gasteiger partial charge in [0.25, 0.3) is 0 Å². The molecule has 0 radical (unpaired) electrons. The summed E-state index contributed by atoms with van der Waals surface area (Å²) in [4.78, 5) is 30.4. The van der Waals surface area contributed by atoms with Crippen LogP contribution in [0.4, 0.5) is 9.93 Å². The van der Waals surface area contributed by atoms with Crippen molar-refractivity contribution in [3.05, 3.63) is 10.6 Å². The number of carbonyl (C=O) groups is 2. The average molecular weight is 309 g/mol. The number of carboxylic acids is 1. The van der Waals surface area contributed by atoms with E-state index in [4.69, 9.17) is 5.11 Å². The second-order valence-corrected chi connectivity index (χ2v) is 6.90. The fourth-order valence-corrected chi connectivity index (χ4v) is 3.81. The Bertz CT molecular complexity index is 542. The van der Waals surface area contributed by atoms with Crippen molar-refractivity contribution in [2.24, 2.45) is 11.8 Å². The summed E-state index contributed by atoms with van der Waals surface area (Å²) in [5, 5.41) is 12.4. The largest absolute Gasteiger partial charge is 0.481 e. The standard InChI is InChI=1S/C14H19N3O3S/c1-8(12(18)19)9-6-17(7-9)14(20)16-13-15-10-4-2-3-5-11(10)21-13/h8-9H,2-7H2,1H3,(H,18,19)(H,15,16,20). The quantitative estimate of drug-likeness (QED) is 0.897. The van der Waals surface area contributed by atoms with Crippen LogP contribution in [-0.4, -0.2) is 40.1 Å². The Kier molecular flexibility index (Phi) is 3.84. The van der Waals surface area contributed by atoms with Crippen LogP contribution in [0.3, 0.4) is 0 Å². The van der Waals surface area contributed by atoms with Gasteiger partial charge in [0.2, 0.25) is 0 Å². The van der Waals surface area contributed by atoms with Crippen molar-refractivity contribution in [1.82, 2.24) is 9.88 Å². The lowest BCUT2D eigenvalue weighted by atomic mass is 9.87. The predicted octanol–water partition coefficient (Wildman–Crippen LogP) is 2.21. The molecule has 2 amide bonds. The number of carboxylic acid groups (broad SMARTS) is 1. The van der Waals surface area contributed by atoms with Crippen LogP contribution in [0.1, 0.15) is 30.3 Å². The summed E-state index contributed by atoms with van der Waals surface area (Å²) >= 11 is 1.56. The number of fused-ring (bicyclic) bond motifs is 1. The minimum Gasteiger partial charge on any atom is -0.481 e. The number of aliphatic carboxylic acids is 1. The number of hydrogen-bond donors (Lipinski definition) is 2. The minimum absolute atomic E-state index is 0.0535. The molecule has 1 atom stereocenters. The topological polar surface area (TPSA) is 82.5 Å². The zero-order valence-electron chi connectivity index (χ0n) is 12.0. The lowest BCUT2D eigenvalue weighted by molar-refractivity contribution is -0.144. The van der Waals surface area contributed by atoms with Crippen molar-refractivity contribution in [3.8, 4) is 0 Å². The number of amides is 2. The van der Waals surface area contributed by atoms with E-state index in [0.29, 0.717) is 18.2 Å². The molecule has 3 rings (SSSR count). The number of aryl methyl sites for hydroxylation is 2. The maximum absolute atomic E-state index is 12.1. The van der Waals surface area contributed by atoms with Gasteiger partial charge in [-0.05, 0) is 25.7 Å². The molecule has 2 heterocycles. The highest BCUT2D eigenvalue weighted by molar-refractivity contribution is 7.15. The summed E-state index contributed by atoms with van der Waals surface area (Å²) in [6.45, 7) is 2.70. The first kappa shape index (κ1) is 14.3. The molecule has 21 heavy (non-hydrogen) atoms. The van der Waals surface area contributed by atoms with Gasteiger partial charge >= 0.3 is 12.0 Å². The first-order valence-electron chi connectivity index (χ1n) is 7.32. The van der Waals surface area contributed by atoms with Gasteiger partial charge in [-0.2, -0.15) is 0 Å². The zero-order valence-corrected chi connectivity index (χ0v) is 12.8. The maximum Gasteiger partial charge on any atom is 0.323 e. The summed E-state index contributed by atoms with van der Waals surface area (Å²) in [5.41, 5.74) is 1.13. The van der Waals surface area contributed by atoms with Gasteiger partial charge in [-0.25, -0.2) is 9.78 Å². The summed E-state index contributed by atoms with van der Waals surface area (Å²) in [6.07, 6.45) is 4.43.